The van der Waals surface area contributed by atoms with Gasteiger partial charge in [-0.15, -0.1) is 0 Å². The normalized spacial score (nSPS) is 10.2. The van der Waals surface area contributed by atoms with Crippen molar-refractivity contribution in [3.8, 4) is 0 Å². The van der Waals surface area contributed by atoms with Gasteiger partial charge in [-0.05, 0) is 6.42 Å². The number of hydrogen-bond donors (Lipinski definition) is 0. The molecule has 0 unspecified atom stereocenters. The van der Waals surface area contributed by atoms with E-state index in [4.69, 9.17) is 0 Å². The van der Waals surface area contributed by atoms with Gasteiger partial charge in [0.25, 0.3) is 0 Å². The average molecular weight is 160 g/mol. The van der Waals surface area contributed by atoms with Gasteiger partial charge in [0.05, 0.1) is 12.5 Å². The number of carbonyl (C=O) groups excluding carboxylic acids is 1. The standard InChI is InChI=1S/C8H16O3/c1-4-5-6-10-11-8(9)7(2)3/h7H,4-6H2,1-3H3. The van der Waals surface area contributed by atoms with E-state index < -0.39 is 0 Å². The Balaban J connectivity index is 3.18. The Morgan fingerprint density at radius 3 is 2.55 bits per heavy atom. The van der Waals surface area contributed by atoms with Crippen LogP contribution in [0.1, 0.15) is 33.6 Å². The smallest absolute Gasteiger partial charge is 0.298 e. The summed E-state index contributed by atoms with van der Waals surface area (Å²) in [5.74, 6) is -0.419. The second kappa shape index (κ2) is 6.16. The topological polar surface area (TPSA) is 35.5 Å². The molecule has 3 heteroatoms. The Kier molecular flexibility index (Phi) is 5.84. The zero-order valence-electron chi connectivity index (χ0n) is 7.42. The molecule has 0 aliphatic rings. The van der Waals surface area contributed by atoms with E-state index in [0.29, 0.717) is 6.61 Å². The van der Waals surface area contributed by atoms with E-state index >= 15 is 0 Å². The summed E-state index contributed by atoms with van der Waals surface area (Å²) in [6, 6.07) is 0. The molecule has 3 nitrogen and oxygen atoms in total. The predicted octanol–water partition coefficient (Wildman–Crippen LogP) is 1.92. The van der Waals surface area contributed by atoms with E-state index in [1.807, 2.05) is 6.92 Å². The third-order valence-electron chi connectivity index (χ3n) is 1.19. The molecule has 0 aromatic heterocycles. The molecule has 0 aliphatic heterocycles. The zero-order chi connectivity index (χ0) is 8.69. The monoisotopic (exact) mass is 160 g/mol. The minimum Gasteiger partial charge on any atom is -0.298 e. The van der Waals surface area contributed by atoms with Crippen LogP contribution in [0.4, 0.5) is 0 Å². The quantitative estimate of drug-likeness (QED) is 0.350. The van der Waals surface area contributed by atoms with Gasteiger partial charge in [-0.1, -0.05) is 27.2 Å². The van der Waals surface area contributed by atoms with Gasteiger partial charge in [0.15, 0.2) is 0 Å². The summed E-state index contributed by atoms with van der Waals surface area (Å²) in [4.78, 5) is 19.9. The first kappa shape index (κ1) is 10.4. The molecule has 0 amide bonds. The lowest BCUT2D eigenvalue weighted by Gasteiger charge is -2.03. The molecule has 0 saturated heterocycles. The van der Waals surface area contributed by atoms with Crippen LogP contribution in [0.2, 0.25) is 0 Å². The Hall–Kier alpha value is -0.570. The Morgan fingerprint density at radius 2 is 2.09 bits per heavy atom. The molecule has 0 fully saturated rings. The maximum absolute atomic E-state index is 10.8. The molecule has 0 N–H and O–H groups in total. The number of rotatable bonds is 5. The van der Waals surface area contributed by atoms with Crippen LogP contribution in [0.5, 0.6) is 0 Å². The van der Waals surface area contributed by atoms with Crippen molar-refractivity contribution in [2.24, 2.45) is 5.92 Å². The van der Waals surface area contributed by atoms with Crippen LogP contribution in [0.25, 0.3) is 0 Å². The van der Waals surface area contributed by atoms with E-state index in [1.165, 1.54) is 0 Å². The van der Waals surface area contributed by atoms with Gasteiger partial charge in [-0.25, -0.2) is 4.79 Å². The van der Waals surface area contributed by atoms with Gasteiger partial charge < -0.3 is 0 Å². The molecular formula is C8H16O3. The molecule has 0 aromatic rings. The van der Waals surface area contributed by atoms with Crippen LogP contribution in [0, 0.1) is 5.92 Å². The van der Waals surface area contributed by atoms with E-state index in [-0.39, 0.29) is 11.9 Å². The highest BCUT2D eigenvalue weighted by atomic mass is 17.2. The Morgan fingerprint density at radius 1 is 1.45 bits per heavy atom. The van der Waals surface area contributed by atoms with Crippen molar-refractivity contribution in [3.63, 3.8) is 0 Å². The molecule has 0 atom stereocenters. The molecule has 0 spiro atoms. The first-order chi connectivity index (χ1) is 5.18. The van der Waals surface area contributed by atoms with Crippen molar-refractivity contribution < 1.29 is 14.6 Å². The maximum Gasteiger partial charge on any atom is 0.344 e. The first-order valence-corrected chi connectivity index (χ1v) is 4.01. The van der Waals surface area contributed by atoms with Crippen LogP contribution in [0.15, 0.2) is 0 Å². The fraction of sp³-hybridized carbons (Fsp3) is 0.875. The van der Waals surface area contributed by atoms with Crippen LogP contribution in [-0.2, 0) is 14.6 Å². The van der Waals surface area contributed by atoms with Crippen molar-refractivity contribution in [1.82, 2.24) is 0 Å². The van der Waals surface area contributed by atoms with Crippen LogP contribution in [0.3, 0.4) is 0 Å². The number of unbranched alkanes of at least 4 members (excludes halogenated alkanes) is 1. The van der Waals surface area contributed by atoms with Crippen molar-refractivity contribution in [2.45, 2.75) is 33.6 Å². The van der Waals surface area contributed by atoms with E-state index in [9.17, 15) is 4.79 Å². The fourth-order valence-electron chi connectivity index (χ4n) is 0.399. The van der Waals surface area contributed by atoms with Gasteiger partial charge in [-0.3, -0.25) is 4.89 Å². The van der Waals surface area contributed by atoms with Crippen molar-refractivity contribution in [3.05, 3.63) is 0 Å². The highest BCUT2D eigenvalue weighted by molar-refractivity contribution is 5.70. The molecule has 0 aromatic carbocycles. The Labute approximate surface area is 67.6 Å². The van der Waals surface area contributed by atoms with Gasteiger partial charge in [0.2, 0.25) is 0 Å². The van der Waals surface area contributed by atoms with Gasteiger partial charge >= 0.3 is 5.97 Å². The lowest BCUT2D eigenvalue weighted by Crippen LogP contribution is -2.12. The van der Waals surface area contributed by atoms with Gasteiger partial charge in [0, 0.05) is 0 Å². The zero-order valence-corrected chi connectivity index (χ0v) is 7.42. The molecular weight excluding hydrogens is 144 g/mol. The van der Waals surface area contributed by atoms with Crippen molar-refractivity contribution in [1.29, 1.82) is 0 Å². The second-order valence-electron chi connectivity index (χ2n) is 2.73. The van der Waals surface area contributed by atoms with E-state index in [2.05, 4.69) is 9.78 Å². The van der Waals surface area contributed by atoms with Gasteiger partial charge in [-0.2, -0.15) is 4.89 Å². The molecule has 11 heavy (non-hydrogen) atoms. The fourth-order valence-corrected chi connectivity index (χ4v) is 0.399. The lowest BCUT2D eigenvalue weighted by molar-refractivity contribution is -0.275. The molecule has 0 rings (SSSR count). The Bertz CT molecular complexity index is 110. The third-order valence-corrected chi connectivity index (χ3v) is 1.19. The minimum absolute atomic E-state index is 0.114. The highest BCUT2D eigenvalue weighted by Crippen LogP contribution is 1.97. The van der Waals surface area contributed by atoms with Crippen LogP contribution in [-0.4, -0.2) is 12.6 Å². The summed E-state index contributed by atoms with van der Waals surface area (Å²) in [5.41, 5.74) is 0. The summed E-state index contributed by atoms with van der Waals surface area (Å²) in [6.07, 6.45) is 1.96. The highest BCUT2D eigenvalue weighted by Gasteiger charge is 2.08. The predicted molar refractivity (Wildman–Crippen MR) is 41.8 cm³/mol. The molecule has 0 bridgehead atoms. The minimum atomic E-state index is -0.305. The summed E-state index contributed by atoms with van der Waals surface area (Å²) in [7, 11) is 0. The van der Waals surface area contributed by atoms with Crippen molar-refractivity contribution in [2.75, 3.05) is 6.61 Å². The number of carbonyl (C=O) groups is 1. The SMILES string of the molecule is CCCCOOC(=O)C(C)C. The molecule has 0 saturated carbocycles. The molecule has 0 radical (unpaired) electrons. The van der Waals surface area contributed by atoms with E-state index in [0.717, 1.165) is 12.8 Å². The largest absolute Gasteiger partial charge is 0.344 e. The molecule has 0 aliphatic carbocycles. The molecule has 66 valence electrons. The second-order valence-corrected chi connectivity index (χ2v) is 2.73. The summed E-state index contributed by atoms with van der Waals surface area (Å²) in [6.45, 7) is 6.08. The average Bonchev–Trinajstić information content (AvgIpc) is 1.97. The third kappa shape index (κ3) is 5.85. The summed E-state index contributed by atoms with van der Waals surface area (Å²) >= 11 is 0. The van der Waals surface area contributed by atoms with Gasteiger partial charge in [0.1, 0.15) is 0 Å². The molecule has 0 heterocycles. The lowest BCUT2D eigenvalue weighted by atomic mass is 10.2. The van der Waals surface area contributed by atoms with Crippen LogP contribution < -0.4 is 0 Å². The first-order valence-electron chi connectivity index (χ1n) is 4.01. The summed E-state index contributed by atoms with van der Waals surface area (Å²) < 4.78 is 0. The van der Waals surface area contributed by atoms with E-state index in [1.54, 1.807) is 13.8 Å². The number of hydrogen-bond acceptors (Lipinski definition) is 3. The van der Waals surface area contributed by atoms with Crippen molar-refractivity contribution >= 4 is 5.97 Å². The summed E-state index contributed by atoms with van der Waals surface area (Å²) in [5, 5.41) is 0. The van der Waals surface area contributed by atoms with Crippen LogP contribution >= 0.6 is 0 Å². The maximum atomic E-state index is 10.8.